The van der Waals surface area contributed by atoms with Gasteiger partial charge >= 0.3 is 0 Å². The lowest BCUT2D eigenvalue weighted by atomic mass is 9.90. The first-order valence-electron chi connectivity index (χ1n) is 4.06. The molecule has 1 saturated heterocycles. The highest BCUT2D eigenvalue weighted by molar-refractivity contribution is 4.98. The number of hydrogen-bond donors (Lipinski definition) is 6. The molecule has 14 heavy (non-hydrogen) atoms. The summed E-state index contributed by atoms with van der Waals surface area (Å²) in [6.45, 7) is 0.245. The van der Waals surface area contributed by atoms with E-state index < -0.39 is 36.5 Å². The topological polar surface area (TPSA) is 131 Å². The zero-order valence-electron chi connectivity index (χ0n) is 7.53. The monoisotopic (exact) mass is 210 g/mol. The van der Waals surface area contributed by atoms with E-state index in [1.54, 1.807) is 0 Å². The Morgan fingerprint density at radius 2 is 1.71 bits per heavy atom. The van der Waals surface area contributed by atoms with Crippen molar-refractivity contribution >= 4 is 0 Å². The molecule has 0 aromatic rings. The Kier molecular flexibility index (Phi) is 2.85. The molecule has 1 unspecified atom stereocenters. The minimum Gasteiger partial charge on any atom is -0.394 e. The Morgan fingerprint density at radius 3 is 2.14 bits per heavy atom. The maximum Gasteiger partial charge on any atom is 0.247 e. The minimum absolute atomic E-state index is 0.662. The summed E-state index contributed by atoms with van der Waals surface area (Å²) in [4.78, 5) is 0. The highest BCUT2D eigenvalue weighted by Crippen LogP contribution is 2.34. The molecular formula is C7H14O7. The van der Waals surface area contributed by atoms with E-state index in [2.05, 4.69) is 4.74 Å². The largest absolute Gasteiger partial charge is 0.394 e. The molecule has 0 aromatic heterocycles. The van der Waals surface area contributed by atoms with Crippen LogP contribution in [0.5, 0.6) is 0 Å². The van der Waals surface area contributed by atoms with Crippen molar-refractivity contribution in [3.05, 3.63) is 0 Å². The molecule has 1 fully saturated rings. The lowest BCUT2D eigenvalue weighted by Crippen LogP contribution is -2.72. The summed E-state index contributed by atoms with van der Waals surface area (Å²) in [5, 5.41) is 55.1. The van der Waals surface area contributed by atoms with Gasteiger partial charge in [0, 0.05) is 0 Å². The SMILES string of the molecule is C[C@]1(O)OC(CO)[C@@H](O)[C@@H](O)C1(O)O. The molecule has 4 atom stereocenters. The molecule has 0 amide bonds. The van der Waals surface area contributed by atoms with Gasteiger partial charge in [-0.25, -0.2) is 0 Å². The molecule has 7 nitrogen and oxygen atoms in total. The molecule has 0 aromatic carbocycles. The van der Waals surface area contributed by atoms with E-state index in [0.717, 1.165) is 6.92 Å². The predicted octanol–water partition coefficient (Wildman–Crippen LogP) is -3.51. The van der Waals surface area contributed by atoms with Gasteiger partial charge in [0.05, 0.1) is 6.61 Å². The fourth-order valence-corrected chi connectivity index (χ4v) is 1.31. The molecule has 0 radical (unpaired) electrons. The summed E-state index contributed by atoms with van der Waals surface area (Å²) >= 11 is 0. The average Bonchev–Trinajstić information content (AvgIpc) is 2.09. The van der Waals surface area contributed by atoms with Crippen LogP contribution in [0.4, 0.5) is 0 Å². The fraction of sp³-hybridized carbons (Fsp3) is 1.00. The van der Waals surface area contributed by atoms with Crippen molar-refractivity contribution in [1.82, 2.24) is 0 Å². The van der Waals surface area contributed by atoms with Crippen LogP contribution in [-0.4, -0.2) is 67.1 Å². The van der Waals surface area contributed by atoms with Crippen LogP contribution in [0, 0.1) is 0 Å². The Hall–Kier alpha value is -0.280. The highest BCUT2D eigenvalue weighted by Gasteiger charge is 2.60. The lowest BCUT2D eigenvalue weighted by Gasteiger charge is -2.48. The van der Waals surface area contributed by atoms with E-state index in [-0.39, 0.29) is 0 Å². The van der Waals surface area contributed by atoms with E-state index >= 15 is 0 Å². The summed E-state index contributed by atoms with van der Waals surface area (Å²) in [5.74, 6) is -5.45. The Labute approximate surface area is 79.8 Å². The van der Waals surface area contributed by atoms with Gasteiger partial charge in [-0.3, -0.25) is 0 Å². The summed E-state index contributed by atoms with van der Waals surface area (Å²) in [6, 6.07) is 0. The summed E-state index contributed by atoms with van der Waals surface area (Å²) in [6.07, 6.45) is -4.98. The quantitative estimate of drug-likeness (QED) is 0.247. The summed E-state index contributed by atoms with van der Waals surface area (Å²) < 4.78 is 4.62. The van der Waals surface area contributed by atoms with Crippen molar-refractivity contribution in [1.29, 1.82) is 0 Å². The molecule has 7 heteroatoms. The third kappa shape index (κ3) is 1.52. The number of aliphatic hydroxyl groups excluding tert-OH is 3. The number of rotatable bonds is 1. The molecule has 0 saturated carbocycles. The maximum atomic E-state index is 9.39. The van der Waals surface area contributed by atoms with E-state index in [0.29, 0.717) is 0 Å². The molecule has 1 heterocycles. The van der Waals surface area contributed by atoms with E-state index in [1.807, 2.05) is 0 Å². The minimum atomic E-state index is -2.99. The standard InChI is InChI=1S/C7H14O7/c1-6(11)7(12,13)5(10)4(9)3(2-8)14-6/h3-5,8-13H,2H2,1H3/t3?,4-,5-,6+/m1/s1. The number of ether oxygens (including phenoxy) is 1. The third-order valence-electron chi connectivity index (χ3n) is 2.36. The van der Waals surface area contributed by atoms with Crippen molar-refractivity contribution in [2.45, 2.75) is 36.8 Å². The van der Waals surface area contributed by atoms with Gasteiger partial charge in [0.15, 0.2) is 0 Å². The van der Waals surface area contributed by atoms with Crippen LogP contribution in [0.3, 0.4) is 0 Å². The lowest BCUT2D eigenvalue weighted by molar-refractivity contribution is -0.441. The molecule has 1 rings (SSSR count). The van der Waals surface area contributed by atoms with Crippen molar-refractivity contribution in [2.24, 2.45) is 0 Å². The Morgan fingerprint density at radius 1 is 1.21 bits per heavy atom. The van der Waals surface area contributed by atoms with Crippen LogP contribution in [0.2, 0.25) is 0 Å². The maximum absolute atomic E-state index is 9.39. The smallest absolute Gasteiger partial charge is 0.247 e. The Bertz CT molecular complexity index is 214. The molecule has 1 aliphatic rings. The van der Waals surface area contributed by atoms with Crippen molar-refractivity contribution in [2.75, 3.05) is 6.61 Å². The highest BCUT2D eigenvalue weighted by atomic mass is 16.7. The molecule has 0 spiro atoms. The summed E-state index contributed by atoms with van der Waals surface area (Å²) in [5.41, 5.74) is 0. The van der Waals surface area contributed by atoms with Crippen LogP contribution in [-0.2, 0) is 4.74 Å². The van der Waals surface area contributed by atoms with E-state index in [1.165, 1.54) is 0 Å². The second-order valence-electron chi connectivity index (χ2n) is 3.48. The van der Waals surface area contributed by atoms with Crippen LogP contribution in [0.25, 0.3) is 0 Å². The predicted molar refractivity (Wildman–Crippen MR) is 41.8 cm³/mol. The molecule has 1 aliphatic heterocycles. The molecule has 0 bridgehead atoms. The van der Waals surface area contributed by atoms with Gasteiger partial charge in [0.1, 0.15) is 18.3 Å². The first-order valence-corrected chi connectivity index (χ1v) is 4.06. The molecular weight excluding hydrogens is 196 g/mol. The Balaban J connectivity index is 2.95. The van der Waals surface area contributed by atoms with Gasteiger partial charge in [-0.1, -0.05) is 0 Å². The van der Waals surface area contributed by atoms with Crippen molar-refractivity contribution in [3.63, 3.8) is 0 Å². The second kappa shape index (κ2) is 3.38. The van der Waals surface area contributed by atoms with E-state index in [9.17, 15) is 25.5 Å². The first kappa shape index (κ1) is 11.8. The molecule has 0 aliphatic carbocycles. The fourth-order valence-electron chi connectivity index (χ4n) is 1.31. The number of aliphatic hydroxyl groups is 6. The van der Waals surface area contributed by atoms with Gasteiger partial charge in [-0.05, 0) is 6.92 Å². The second-order valence-corrected chi connectivity index (χ2v) is 3.48. The average molecular weight is 210 g/mol. The van der Waals surface area contributed by atoms with Crippen LogP contribution < -0.4 is 0 Å². The van der Waals surface area contributed by atoms with Crippen LogP contribution >= 0.6 is 0 Å². The van der Waals surface area contributed by atoms with Crippen molar-refractivity contribution < 1.29 is 35.4 Å². The van der Waals surface area contributed by atoms with Gasteiger partial charge < -0.3 is 35.4 Å². The molecule has 6 N–H and O–H groups in total. The van der Waals surface area contributed by atoms with Crippen LogP contribution in [0.15, 0.2) is 0 Å². The zero-order valence-corrected chi connectivity index (χ0v) is 7.53. The first-order chi connectivity index (χ1) is 6.24. The van der Waals surface area contributed by atoms with Gasteiger partial charge in [0.2, 0.25) is 11.6 Å². The van der Waals surface area contributed by atoms with Crippen LogP contribution in [0.1, 0.15) is 6.92 Å². The summed E-state index contributed by atoms with van der Waals surface area (Å²) in [7, 11) is 0. The van der Waals surface area contributed by atoms with Gasteiger partial charge in [-0.2, -0.15) is 0 Å². The van der Waals surface area contributed by atoms with Crippen molar-refractivity contribution in [3.8, 4) is 0 Å². The van der Waals surface area contributed by atoms with Gasteiger partial charge in [0.25, 0.3) is 0 Å². The number of hydrogen-bond acceptors (Lipinski definition) is 7. The molecule has 84 valence electrons. The zero-order chi connectivity index (χ0) is 11.1. The third-order valence-corrected chi connectivity index (χ3v) is 2.36. The van der Waals surface area contributed by atoms with Gasteiger partial charge in [-0.15, -0.1) is 0 Å². The normalized spacial score (nSPS) is 47.8. The van der Waals surface area contributed by atoms with E-state index in [4.69, 9.17) is 5.11 Å².